The molecule has 198 valence electrons. The predicted octanol–water partition coefficient (Wildman–Crippen LogP) is 2.79. The number of nitrogens with two attached hydrogens (primary N) is 1. The summed E-state index contributed by atoms with van der Waals surface area (Å²) in [7, 11) is -4.16. The van der Waals surface area contributed by atoms with Gasteiger partial charge in [0.2, 0.25) is 10.0 Å². The molecule has 0 radical (unpaired) electrons. The first-order valence-electron chi connectivity index (χ1n) is 11.9. The van der Waals surface area contributed by atoms with Gasteiger partial charge in [0, 0.05) is 31.4 Å². The van der Waals surface area contributed by atoms with Crippen LogP contribution in [0, 0.1) is 10.8 Å². The van der Waals surface area contributed by atoms with Crippen LogP contribution in [-0.4, -0.2) is 74.5 Å². The number of piperidine rings is 1. The second-order valence-corrected chi connectivity index (χ2v) is 10.9. The zero-order valence-electron chi connectivity index (χ0n) is 20.8. The highest BCUT2D eigenvalue weighted by molar-refractivity contribution is 7.93. The molecule has 0 spiro atoms. The van der Waals surface area contributed by atoms with Crippen LogP contribution in [0.3, 0.4) is 0 Å². The summed E-state index contributed by atoms with van der Waals surface area (Å²) in [5.41, 5.74) is 7.86. The number of hydrogen-bond donors (Lipinski definition) is 4. The maximum Gasteiger partial charge on any atom is 0.320 e. The molecule has 1 aliphatic rings. The van der Waals surface area contributed by atoms with E-state index >= 15 is 0 Å². The number of amidine groups is 1. The van der Waals surface area contributed by atoms with Crippen molar-refractivity contribution in [2.24, 2.45) is 5.73 Å². The number of anilines is 1. The number of carboxylic acids is 1. The van der Waals surface area contributed by atoms with E-state index in [1.54, 1.807) is 55.5 Å². The van der Waals surface area contributed by atoms with Crippen LogP contribution < -0.4 is 14.8 Å². The Morgan fingerprint density at radius 2 is 1.89 bits per heavy atom. The van der Waals surface area contributed by atoms with Gasteiger partial charge in [-0.15, -0.1) is 0 Å². The fraction of sp³-hybridized carbons (Fsp3) is 0.346. The molecule has 37 heavy (non-hydrogen) atoms. The third-order valence-electron chi connectivity index (χ3n) is 5.96. The number of nitrogens with one attached hydrogen (secondary N) is 2. The quantitative estimate of drug-likeness (QED) is 0.244. The van der Waals surface area contributed by atoms with Gasteiger partial charge in [-0.3, -0.25) is 19.4 Å². The van der Waals surface area contributed by atoms with Crippen molar-refractivity contribution in [3.63, 3.8) is 0 Å². The van der Waals surface area contributed by atoms with Crippen LogP contribution in [0.25, 0.3) is 6.08 Å². The fourth-order valence-electron chi connectivity index (χ4n) is 4.16. The molecule has 0 unspecified atom stereocenters. The van der Waals surface area contributed by atoms with Gasteiger partial charge >= 0.3 is 5.97 Å². The SMILES string of the molecule is CC(=Cc1cccc(C(=N)N)c1)CN(c1ccc(OC2CCN(CC=N)CC2)cc1)S(=O)(=O)CC(=O)O. The fourth-order valence-corrected chi connectivity index (χ4v) is 5.47. The van der Waals surface area contributed by atoms with Gasteiger partial charge in [0.15, 0.2) is 5.75 Å². The molecule has 1 heterocycles. The molecule has 1 saturated heterocycles. The van der Waals surface area contributed by atoms with Crippen molar-refractivity contribution < 1.29 is 23.1 Å². The summed E-state index contributed by atoms with van der Waals surface area (Å²) in [6.07, 6.45) is 4.88. The number of hydrogen-bond acceptors (Lipinski definition) is 7. The summed E-state index contributed by atoms with van der Waals surface area (Å²) in [4.78, 5) is 13.5. The van der Waals surface area contributed by atoms with E-state index in [4.69, 9.17) is 21.3 Å². The number of likely N-dealkylation sites (tertiary alicyclic amines) is 1. The van der Waals surface area contributed by atoms with Gasteiger partial charge in [-0.25, -0.2) is 8.42 Å². The molecule has 1 aliphatic heterocycles. The van der Waals surface area contributed by atoms with Crippen LogP contribution in [-0.2, 0) is 14.8 Å². The van der Waals surface area contributed by atoms with Gasteiger partial charge in [-0.1, -0.05) is 29.8 Å². The van der Waals surface area contributed by atoms with Crippen LogP contribution >= 0.6 is 0 Å². The van der Waals surface area contributed by atoms with E-state index in [0.717, 1.165) is 35.8 Å². The zero-order valence-corrected chi connectivity index (χ0v) is 21.6. The van der Waals surface area contributed by atoms with Gasteiger partial charge in [-0.05, 0) is 55.7 Å². The summed E-state index contributed by atoms with van der Waals surface area (Å²) in [6, 6.07) is 13.6. The van der Waals surface area contributed by atoms with Crippen molar-refractivity contribution in [1.82, 2.24) is 4.90 Å². The van der Waals surface area contributed by atoms with E-state index in [9.17, 15) is 18.3 Å². The smallest absolute Gasteiger partial charge is 0.320 e. The highest BCUT2D eigenvalue weighted by Gasteiger charge is 2.26. The molecule has 0 amide bonds. The lowest BCUT2D eigenvalue weighted by molar-refractivity contribution is -0.134. The third kappa shape index (κ3) is 8.16. The molecular formula is C26H33N5O5S. The van der Waals surface area contributed by atoms with E-state index in [1.807, 2.05) is 6.07 Å². The number of ether oxygens (including phenoxy) is 1. The number of rotatable bonds is 12. The number of benzene rings is 2. The average molecular weight is 528 g/mol. The second kappa shape index (κ2) is 12.5. The average Bonchev–Trinajstić information content (AvgIpc) is 2.84. The first kappa shape index (κ1) is 27.9. The Bertz CT molecular complexity index is 1250. The summed E-state index contributed by atoms with van der Waals surface area (Å²) < 4.78 is 33.1. The molecule has 2 aromatic carbocycles. The Morgan fingerprint density at radius 3 is 2.49 bits per heavy atom. The van der Waals surface area contributed by atoms with E-state index in [-0.39, 0.29) is 18.5 Å². The summed E-state index contributed by atoms with van der Waals surface area (Å²) >= 11 is 0. The monoisotopic (exact) mass is 527 g/mol. The van der Waals surface area contributed by atoms with Crippen LogP contribution in [0.2, 0.25) is 0 Å². The van der Waals surface area contributed by atoms with Crippen molar-refractivity contribution in [2.45, 2.75) is 25.9 Å². The predicted molar refractivity (Wildman–Crippen MR) is 145 cm³/mol. The minimum atomic E-state index is -4.16. The topological polar surface area (TPSA) is 161 Å². The molecule has 0 bridgehead atoms. The molecule has 3 rings (SSSR count). The molecule has 0 aliphatic carbocycles. The summed E-state index contributed by atoms with van der Waals surface area (Å²) in [6.45, 7) is 4.04. The molecule has 0 atom stereocenters. The van der Waals surface area contributed by atoms with Crippen LogP contribution in [0.5, 0.6) is 5.75 Å². The lowest BCUT2D eigenvalue weighted by Crippen LogP contribution is -2.39. The van der Waals surface area contributed by atoms with Crippen LogP contribution in [0.15, 0.2) is 54.1 Å². The van der Waals surface area contributed by atoms with Crippen LogP contribution in [0.1, 0.15) is 30.9 Å². The van der Waals surface area contributed by atoms with E-state index in [1.165, 1.54) is 6.21 Å². The lowest BCUT2D eigenvalue weighted by Gasteiger charge is -2.31. The number of nitrogens with zero attached hydrogens (tertiary/aromatic N) is 2. The lowest BCUT2D eigenvalue weighted by atomic mass is 10.1. The second-order valence-electron chi connectivity index (χ2n) is 9.00. The molecule has 10 nitrogen and oxygen atoms in total. The van der Waals surface area contributed by atoms with Crippen molar-refractivity contribution >= 4 is 39.8 Å². The highest BCUT2D eigenvalue weighted by atomic mass is 32.2. The van der Waals surface area contributed by atoms with Gasteiger partial charge in [-0.2, -0.15) is 0 Å². The minimum absolute atomic E-state index is 0.0376. The number of carboxylic acid groups (broad SMARTS) is 1. The summed E-state index contributed by atoms with van der Waals surface area (Å²) in [5, 5.41) is 24.0. The molecule has 1 fully saturated rings. The number of sulfonamides is 1. The Balaban J connectivity index is 1.78. The first-order chi connectivity index (χ1) is 17.6. The number of carbonyl (C=O) groups is 1. The highest BCUT2D eigenvalue weighted by Crippen LogP contribution is 2.26. The first-order valence-corrected chi connectivity index (χ1v) is 13.5. The Kier molecular flexibility index (Phi) is 9.42. The molecule has 5 N–H and O–H groups in total. The normalized spacial score (nSPS) is 15.2. The number of aliphatic carboxylic acids is 1. The molecule has 11 heteroatoms. The van der Waals surface area contributed by atoms with Crippen molar-refractivity contribution in [3.8, 4) is 5.75 Å². The van der Waals surface area contributed by atoms with E-state index < -0.39 is 21.7 Å². The Labute approximate surface area is 217 Å². The van der Waals surface area contributed by atoms with Gasteiger partial charge in [0.25, 0.3) is 0 Å². The van der Waals surface area contributed by atoms with Crippen molar-refractivity contribution in [3.05, 3.63) is 65.2 Å². The van der Waals surface area contributed by atoms with Gasteiger partial charge in [0.1, 0.15) is 17.7 Å². The molecular weight excluding hydrogens is 494 g/mol. The van der Waals surface area contributed by atoms with Gasteiger partial charge in [0.05, 0.1) is 12.2 Å². The van der Waals surface area contributed by atoms with Crippen LogP contribution in [0.4, 0.5) is 5.69 Å². The van der Waals surface area contributed by atoms with E-state index in [2.05, 4.69) is 4.90 Å². The largest absolute Gasteiger partial charge is 0.490 e. The standard InChI is InChI=1S/C26H33N5O5S/c1-19(15-20-3-2-4-21(16-20)26(28)29)17-31(37(34,35)18-25(32)33)22-5-7-23(8-6-22)36-24-9-12-30(13-10-24)14-11-27/h2-8,11,15-16,24,27H,9-10,12-14,17-18H2,1H3,(H3,28,29)(H,32,33). The van der Waals surface area contributed by atoms with Crippen molar-refractivity contribution in [2.75, 3.05) is 36.2 Å². The van der Waals surface area contributed by atoms with Gasteiger partial charge < -0.3 is 21.0 Å². The third-order valence-corrected chi connectivity index (χ3v) is 7.58. The minimum Gasteiger partial charge on any atom is -0.490 e. The Hall–Kier alpha value is -3.70. The number of nitrogen functional groups attached to an aromatic ring is 1. The zero-order chi connectivity index (χ0) is 27.0. The Morgan fingerprint density at radius 1 is 1.22 bits per heavy atom. The maximum absolute atomic E-state index is 13.0. The molecule has 0 aromatic heterocycles. The summed E-state index contributed by atoms with van der Waals surface area (Å²) in [5.74, 6) is -1.93. The van der Waals surface area contributed by atoms with E-state index in [0.29, 0.717) is 29.1 Å². The maximum atomic E-state index is 13.0. The molecule has 2 aromatic rings. The molecule has 0 saturated carbocycles. The van der Waals surface area contributed by atoms with Crippen molar-refractivity contribution in [1.29, 1.82) is 10.8 Å².